The van der Waals surface area contributed by atoms with Crippen molar-refractivity contribution in [1.29, 1.82) is 0 Å². The van der Waals surface area contributed by atoms with Gasteiger partial charge in [0.25, 0.3) is 6.71 Å². The second kappa shape index (κ2) is 12.7. The van der Waals surface area contributed by atoms with Crippen LogP contribution in [0.3, 0.4) is 0 Å². The molecule has 1 saturated carbocycles. The number of hydrogen-bond donors (Lipinski definition) is 0. The third-order valence-corrected chi connectivity index (χ3v) is 14.6. The molecule has 4 heteroatoms. The lowest BCUT2D eigenvalue weighted by atomic mass is 9.33. The van der Waals surface area contributed by atoms with E-state index in [0.717, 1.165) is 17.1 Å². The van der Waals surface area contributed by atoms with Crippen molar-refractivity contribution < 1.29 is 0 Å². The molecule has 8 aromatic carbocycles. The molecule has 12 rings (SSSR count). The van der Waals surface area contributed by atoms with Crippen molar-refractivity contribution in [2.75, 3.05) is 14.7 Å². The van der Waals surface area contributed by atoms with Gasteiger partial charge >= 0.3 is 0 Å². The van der Waals surface area contributed by atoms with Gasteiger partial charge in [0.2, 0.25) is 0 Å². The molecule has 3 heterocycles. The minimum absolute atomic E-state index is 0.00690. The molecule has 1 aliphatic carbocycles. The number of benzene rings is 8. The summed E-state index contributed by atoms with van der Waals surface area (Å²) in [5.41, 5.74) is 19.6. The maximum Gasteiger partial charge on any atom is 0.252 e. The van der Waals surface area contributed by atoms with Crippen LogP contribution >= 0.6 is 0 Å². The van der Waals surface area contributed by atoms with E-state index in [9.17, 15) is 0 Å². The highest BCUT2D eigenvalue weighted by atomic mass is 15.3. The molecule has 8 aromatic rings. The zero-order valence-corrected chi connectivity index (χ0v) is 34.0. The molecule has 3 aliphatic heterocycles. The van der Waals surface area contributed by atoms with Crippen LogP contribution < -0.4 is 31.1 Å². The summed E-state index contributed by atoms with van der Waals surface area (Å²) < 4.78 is 0. The van der Waals surface area contributed by atoms with Crippen molar-refractivity contribution in [2.24, 2.45) is 0 Å². The number of hydrogen-bond acceptors (Lipinski definition) is 3. The second-order valence-electron chi connectivity index (χ2n) is 17.7. The second-order valence-corrected chi connectivity index (χ2v) is 17.7. The lowest BCUT2D eigenvalue weighted by Gasteiger charge is -2.52. The predicted octanol–water partition coefficient (Wildman–Crippen LogP) is 12.6. The maximum absolute atomic E-state index is 2.82. The van der Waals surface area contributed by atoms with Crippen molar-refractivity contribution in [3.63, 3.8) is 0 Å². The third-order valence-electron chi connectivity index (χ3n) is 14.6. The van der Waals surface area contributed by atoms with E-state index in [4.69, 9.17) is 0 Å². The topological polar surface area (TPSA) is 9.72 Å². The minimum atomic E-state index is 0.00690. The molecule has 0 N–H and O–H groups in total. The Balaban J connectivity index is 1.12. The minimum Gasteiger partial charge on any atom is -0.335 e. The van der Waals surface area contributed by atoms with Gasteiger partial charge in [-0.15, -0.1) is 0 Å². The molecule has 0 aromatic heterocycles. The average molecular weight is 760 g/mol. The maximum atomic E-state index is 2.82. The van der Waals surface area contributed by atoms with Crippen LogP contribution in [0.1, 0.15) is 50.7 Å². The number of para-hydroxylation sites is 3. The van der Waals surface area contributed by atoms with E-state index in [0.29, 0.717) is 0 Å². The SMILES string of the molecule is Cc1cc2c3c(c1)N1c4c(cccc4C4(C)CCCCC14C)B3c1ccc(N(c3ccccc3)c3ccc(-c4ccccc4)c4ccccc34)cc1N2c1ccccc1. The molecule has 59 heavy (non-hydrogen) atoms. The number of anilines is 8. The van der Waals surface area contributed by atoms with Gasteiger partial charge in [0.05, 0.1) is 11.2 Å². The lowest BCUT2D eigenvalue weighted by Crippen LogP contribution is -2.64. The van der Waals surface area contributed by atoms with Gasteiger partial charge in [0.1, 0.15) is 0 Å². The lowest BCUT2D eigenvalue weighted by molar-refractivity contribution is 0.195. The molecule has 0 spiro atoms. The molecule has 0 radical (unpaired) electrons. The predicted molar refractivity (Wildman–Crippen MR) is 251 cm³/mol. The molecular formula is C55H46BN3. The number of aryl methyl sites for hydroxylation is 1. The fourth-order valence-corrected chi connectivity index (χ4v) is 11.7. The van der Waals surface area contributed by atoms with Crippen LogP contribution in [-0.4, -0.2) is 12.3 Å². The van der Waals surface area contributed by atoms with Crippen LogP contribution in [0, 0.1) is 6.92 Å². The molecule has 284 valence electrons. The average Bonchev–Trinajstić information content (AvgIpc) is 3.49. The Kier molecular flexibility index (Phi) is 7.45. The van der Waals surface area contributed by atoms with Gasteiger partial charge in [-0.2, -0.15) is 0 Å². The molecule has 2 atom stereocenters. The van der Waals surface area contributed by atoms with Crippen LogP contribution in [-0.2, 0) is 5.41 Å². The summed E-state index contributed by atoms with van der Waals surface area (Å²) >= 11 is 0. The Labute approximate surface area is 348 Å². The number of fused-ring (bicyclic) bond motifs is 8. The van der Waals surface area contributed by atoms with Gasteiger partial charge in [-0.25, -0.2) is 0 Å². The first-order chi connectivity index (χ1) is 28.9. The molecule has 3 nitrogen and oxygen atoms in total. The van der Waals surface area contributed by atoms with Gasteiger partial charge in [-0.05, 0) is 125 Å². The van der Waals surface area contributed by atoms with Crippen LogP contribution in [0.15, 0.2) is 176 Å². The molecule has 0 bridgehead atoms. The van der Waals surface area contributed by atoms with Crippen LogP contribution in [0.25, 0.3) is 21.9 Å². The van der Waals surface area contributed by atoms with Crippen LogP contribution in [0.4, 0.5) is 45.5 Å². The van der Waals surface area contributed by atoms with E-state index in [1.54, 1.807) is 0 Å². The number of rotatable bonds is 5. The van der Waals surface area contributed by atoms with E-state index in [2.05, 4.69) is 211 Å². The van der Waals surface area contributed by atoms with Gasteiger partial charge in [0, 0.05) is 50.6 Å². The van der Waals surface area contributed by atoms with Crippen molar-refractivity contribution in [1.82, 2.24) is 0 Å². The number of nitrogens with zero attached hydrogens (tertiary/aromatic N) is 3. The normalized spacial score (nSPS) is 19.5. The molecule has 0 amide bonds. The standard InChI is InChI=1S/C55H46BN3/c1-37-34-50-52-51(35-37)59-53-45(54(2)32-15-16-33-55(54,59)3)26-17-27-47(53)56(52)46-30-28-41(36-49(46)58(50)40-22-11-6-12-23-40)57(39-20-9-5-10-21-39)48-31-29-42(38-18-7-4-8-19-38)43-24-13-14-25-44(43)48/h4-14,17-31,34-36H,15-16,32-33H2,1-3H3. The van der Waals surface area contributed by atoms with Crippen molar-refractivity contribution in [3.05, 3.63) is 187 Å². The highest BCUT2D eigenvalue weighted by Crippen LogP contribution is 2.61. The zero-order chi connectivity index (χ0) is 39.5. The monoisotopic (exact) mass is 759 g/mol. The van der Waals surface area contributed by atoms with Gasteiger partial charge in [-0.1, -0.05) is 141 Å². The summed E-state index contributed by atoms with van der Waals surface area (Å²) in [7, 11) is 0. The smallest absolute Gasteiger partial charge is 0.252 e. The third kappa shape index (κ3) is 4.78. The van der Waals surface area contributed by atoms with Crippen molar-refractivity contribution in [2.45, 2.75) is 57.4 Å². The van der Waals surface area contributed by atoms with E-state index < -0.39 is 0 Å². The van der Waals surface area contributed by atoms with Gasteiger partial charge < -0.3 is 14.7 Å². The van der Waals surface area contributed by atoms with Gasteiger partial charge in [0.15, 0.2) is 0 Å². The van der Waals surface area contributed by atoms with E-state index in [1.807, 2.05) is 0 Å². The van der Waals surface area contributed by atoms with E-state index >= 15 is 0 Å². The Morgan fingerprint density at radius 1 is 0.559 bits per heavy atom. The highest BCUT2D eigenvalue weighted by molar-refractivity contribution is 7.00. The quantitative estimate of drug-likeness (QED) is 0.162. The van der Waals surface area contributed by atoms with E-state index in [-0.39, 0.29) is 17.7 Å². The van der Waals surface area contributed by atoms with Crippen molar-refractivity contribution >= 4 is 79.4 Å². The van der Waals surface area contributed by atoms with E-state index in [1.165, 1.54) is 104 Å². The summed E-state index contributed by atoms with van der Waals surface area (Å²) in [6, 6.07) is 65.8. The Bertz CT molecular complexity index is 2960. The summed E-state index contributed by atoms with van der Waals surface area (Å²) in [6.07, 6.45) is 4.98. The summed E-state index contributed by atoms with van der Waals surface area (Å²) in [5.74, 6) is 0. The summed E-state index contributed by atoms with van der Waals surface area (Å²) in [4.78, 5) is 7.85. The molecule has 2 unspecified atom stereocenters. The molecule has 1 fully saturated rings. The molecular weight excluding hydrogens is 713 g/mol. The first-order valence-corrected chi connectivity index (χ1v) is 21.4. The molecule has 0 saturated heterocycles. The van der Waals surface area contributed by atoms with Gasteiger partial charge in [-0.3, -0.25) is 0 Å². The highest BCUT2D eigenvalue weighted by Gasteiger charge is 2.61. The largest absolute Gasteiger partial charge is 0.335 e. The molecule has 4 aliphatic rings. The Hall–Kier alpha value is -6.52. The zero-order valence-electron chi connectivity index (χ0n) is 34.0. The fourth-order valence-electron chi connectivity index (χ4n) is 11.7. The first kappa shape index (κ1) is 34.5. The fraction of sp³-hybridized carbons (Fsp3) is 0.164. The Morgan fingerprint density at radius 2 is 1.25 bits per heavy atom. The van der Waals surface area contributed by atoms with Crippen molar-refractivity contribution in [3.8, 4) is 11.1 Å². The summed E-state index contributed by atoms with van der Waals surface area (Å²) in [6.45, 7) is 7.54. The summed E-state index contributed by atoms with van der Waals surface area (Å²) in [5, 5.41) is 2.46. The van der Waals surface area contributed by atoms with Crippen LogP contribution in [0.2, 0.25) is 0 Å². The Morgan fingerprint density at radius 3 is 2.05 bits per heavy atom. The van der Waals surface area contributed by atoms with Crippen LogP contribution in [0.5, 0.6) is 0 Å². The first-order valence-electron chi connectivity index (χ1n) is 21.4.